The molecule has 1 N–H and O–H groups in total. The molecule has 0 spiro atoms. The first-order chi connectivity index (χ1) is 15.6. The molecule has 156 valence electrons. The molecular formula is C22H14FN7O2. The van der Waals surface area contributed by atoms with Crippen LogP contribution in [0.1, 0.15) is 23.6 Å². The third kappa shape index (κ3) is 2.68. The Bertz CT molecular complexity index is 1630. The van der Waals surface area contributed by atoms with E-state index in [2.05, 4.69) is 26.0 Å². The summed E-state index contributed by atoms with van der Waals surface area (Å²) in [6.07, 6.45) is 3.65. The van der Waals surface area contributed by atoms with Gasteiger partial charge in [-0.15, -0.1) is 0 Å². The molecule has 9 nitrogen and oxygen atoms in total. The van der Waals surface area contributed by atoms with Gasteiger partial charge in [0.15, 0.2) is 5.65 Å². The number of aromatic nitrogens is 6. The number of hydrogen-bond donors (Lipinski definition) is 1. The van der Waals surface area contributed by atoms with E-state index < -0.39 is 5.82 Å². The second-order valence-electron chi connectivity index (χ2n) is 7.47. The third-order valence-corrected chi connectivity index (χ3v) is 5.63. The highest BCUT2D eigenvalue weighted by molar-refractivity contribution is 5.79. The summed E-state index contributed by atoms with van der Waals surface area (Å²) >= 11 is 0. The molecule has 0 amide bonds. The Hall–Kier alpha value is -4.52. The molecule has 2 aromatic carbocycles. The van der Waals surface area contributed by atoms with Crippen molar-refractivity contribution in [3.05, 3.63) is 76.4 Å². The molecule has 1 aliphatic rings. The minimum Gasteiger partial charge on any atom is -0.493 e. The van der Waals surface area contributed by atoms with E-state index in [1.807, 2.05) is 0 Å². The predicted molar refractivity (Wildman–Crippen MR) is 112 cm³/mol. The van der Waals surface area contributed by atoms with Gasteiger partial charge in [0, 0.05) is 18.1 Å². The van der Waals surface area contributed by atoms with Gasteiger partial charge in [-0.3, -0.25) is 9.13 Å². The van der Waals surface area contributed by atoms with Crippen molar-refractivity contribution in [2.24, 2.45) is 0 Å². The fourth-order valence-electron chi connectivity index (χ4n) is 4.16. The Labute approximate surface area is 179 Å². The van der Waals surface area contributed by atoms with E-state index in [0.29, 0.717) is 58.0 Å². The number of H-pyrrole nitrogens is 1. The predicted octanol–water partition coefficient (Wildman–Crippen LogP) is 2.84. The van der Waals surface area contributed by atoms with Crippen LogP contribution in [0.3, 0.4) is 0 Å². The van der Waals surface area contributed by atoms with Gasteiger partial charge in [-0.1, -0.05) is 6.07 Å². The lowest BCUT2D eigenvalue weighted by atomic mass is 10.0. The first-order valence-electron chi connectivity index (χ1n) is 9.89. The van der Waals surface area contributed by atoms with Crippen LogP contribution in [0, 0.1) is 17.1 Å². The van der Waals surface area contributed by atoms with Gasteiger partial charge in [0.25, 0.3) is 0 Å². The summed E-state index contributed by atoms with van der Waals surface area (Å²) in [4.78, 5) is 29.1. The van der Waals surface area contributed by atoms with Gasteiger partial charge >= 0.3 is 5.69 Å². The van der Waals surface area contributed by atoms with E-state index in [-0.39, 0.29) is 11.7 Å². The summed E-state index contributed by atoms with van der Waals surface area (Å²) in [5.41, 5.74) is 3.14. The van der Waals surface area contributed by atoms with Crippen molar-refractivity contribution in [3.8, 4) is 17.8 Å². The van der Waals surface area contributed by atoms with Crippen LogP contribution in [-0.4, -0.2) is 35.7 Å². The molecule has 0 aliphatic carbocycles. The molecule has 0 saturated carbocycles. The van der Waals surface area contributed by atoms with Gasteiger partial charge < -0.3 is 9.72 Å². The van der Waals surface area contributed by atoms with Crippen LogP contribution in [0.5, 0.6) is 5.75 Å². The summed E-state index contributed by atoms with van der Waals surface area (Å²) in [5, 5.41) is 9.23. The van der Waals surface area contributed by atoms with Crippen LogP contribution in [0.4, 0.5) is 4.39 Å². The Morgan fingerprint density at radius 3 is 3.00 bits per heavy atom. The fraction of sp³-hybridized carbons (Fsp3) is 0.136. The van der Waals surface area contributed by atoms with E-state index in [0.717, 1.165) is 0 Å². The number of rotatable bonds is 2. The first kappa shape index (κ1) is 18.3. The minimum atomic E-state index is -0.399. The molecule has 1 atom stereocenters. The van der Waals surface area contributed by atoms with E-state index >= 15 is 0 Å². The lowest BCUT2D eigenvalue weighted by molar-refractivity contribution is 0.255. The molecule has 0 fully saturated rings. The summed E-state index contributed by atoms with van der Waals surface area (Å²) in [6, 6.07) is 11.2. The molecule has 6 rings (SSSR count). The van der Waals surface area contributed by atoms with E-state index in [1.54, 1.807) is 45.9 Å². The van der Waals surface area contributed by atoms with Gasteiger partial charge in [0.05, 0.1) is 41.5 Å². The Balaban J connectivity index is 1.55. The van der Waals surface area contributed by atoms with Crippen molar-refractivity contribution in [2.45, 2.75) is 12.5 Å². The average Bonchev–Trinajstić information content (AvgIpc) is 3.37. The molecule has 10 heteroatoms. The highest BCUT2D eigenvalue weighted by Gasteiger charge is 2.27. The quantitative estimate of drug-likeness (QED) is 0.463. The normalized spacial score (nSPS) is 15.4. The van der Waals surface area contributed by atoms with Crippen LogP contribution in [0.25, 0.3) is 28.1 Å². The van der Waals surface area contributed by atoms with Crippen molar-refractivity contribution in [1.82, 2.24) is 29.1 Å². The SMILES string of the molecule is N#Cc1ccc2ncn(-c3ncc4[nH]c(=O)n(C5CCOc6cc(F)ccc65)c4n3)c2c1. The molecule has 0 bridgehead atoms. The number of fused-ring (bicyclic) bond motifs is 3. The highest BCUT2D eigenvalue weighted by Crippen LogP contribution is 2.35. The number of nitrogens with zero attached hydrogens (tertiary/aromatic N) is 6. The maximum Gasteiger partial charge on any atom is 0.328 e. The maximum absolute atomic E-state index is 13.7. The van der Waals surface area contributed by atoms with Gasteiger partial charge in [0.1, 0.15) is 23.4 Å². The van der Waals surface area contributed by atoms with Crippen LogP contribution in [-0.2, 0) is 0 Å². The topological polar surface area (TPSA) is 114 Å². The largest absolute Gasteiger partial charge is 0.493 e. The summed E-state index contributed by atoms with van der Waals surface area (Å²) in [7, 11) is 0. The summed E-state index contributed by atoms with van der Waals surface area (Å²) in [6.45, 7) is 0.348. The molecule has 5 aromatic rings. The average molecular weight is 427 g/mol. The Morgan fingerprint density at radius 2 is 2.12 bits per heavy atom. The first-order valence-corrected chi connectivity index (χ1v) is 9.89. The number of hydrogen-bond acceptors (Lipinski definition) is 6. The molecule has 0 radical (unpaired) electrons. The number of benzene rings is 2. The maximum atomic E-state index is 13.7. The molecular weight excluding hydrogens is 413 g/mol. The fourth-order valence-corrected chi connectivity index (χ4v) is 4.16. The number of halogens is 1. The lowest BCUT2D eigenvalue weighted by Crippen LogP contribution is -2.28. The number of imidazole rings is 2. The zero-order chi connectivity index (χ0) is 21.8. The van der Waals surface area contributed by atoms with Crippen molar-refractivity contribution in [3.63, 3.8) is 0 Å². The van der Waals surface area contributed by atoms with Crippen molar-refractivity contribution in [1.29, 1.82) is 5.26 Å². The molecule has 3 aromatic heterocycles. The van der Waals surface area contributed by atoms with Gasteiger partial charge in [-0.25, -0.2) is 19.2 Å². The van der Waals surface area contributed by atoms with Gasteiger partial charge in [-0.05, 0) is 24.3 Å². The van der Waals surface area contributed by atoms with E-state index in [1.165, 1.54) is 12.1 Å². The van der Waals surface area contributed by atoms with Crippen LogP contribution in [0.15, 0.2) is 53.7 Å². The molecule has 0 saturated heterocycles. The molecule has 1 unspecified atom stereocenters. The zero-order valence-electron chi connectivity index (χ0n) is 16.5. The molecule has 1 aliphatic heterocycles. The monoisotopic (exact) mass is 427 g/mol. The number of aromatic amines is 1. The molecule has 4 heterocycles. The minimum absolute atomic E-state index is 0.314. The van der Waals surface area contributed by atoms with E-state index in [4.69, 9.17) is 4.74 Å². The molecule has 32 heavy (non-hydrogen) atoms. The number of ether oxygens (including phenoxy) is 1. The van der Waals surface area contributed by atoms with Crippen molar-refractivity contribution >= 4 is 22.2 Å². The highest BCUT2D eigenvalue weighted by atomic mass is 19.1. The van der Waals surface area contributed by atoms with Gasteiger partial charge in [0.2, 0.25) is 5.95 Å². The third-order valence-electron chi connectivity index (χ3n) is 5.63. The Morgan fingerprint density at radius 1 is 1.22 bits per heavy atom. The second-order valence-corrected chi connectivity index (χ2v) is 7.47. The van der Waals surface area contributed by atoms with E-state index in [9.17, 15) is 14.4 Å². The standard InChI is InChI=1S/C22H14FN7O2/c23-13-2-3-14-17(5-6-32-19(14)8-13)30-20-16(27-22(30)31)10-25-21(28-20)29-11-26-15-4-1-12(9-24)7-18(15)29/h1-4,7-8,10-11,17H,5-6H2,(H,27,31). The number of nitriles is 1. The Kier molecular flexibility index (Phi) is 3.85. The summed E-state index contributed by atoms with van der Waals surface area (Å²) in [5.74, 6) is 0.333. The number of nitrogens with one attached hydrogen (secondary N) is 1. The van der Waals surface area contributed by atoms with Crippen LogP contribution >= 0.6 is 0 Å². The van der Waals surface area contributed by atoms with Crippen molar-refractivity contribution < 1.29 is 9.13 Å². The smallest absolute Gasteiger partial charge is 0.328 e. The van der Waals surface area contributed by atoms with Crippen LogP contribution < -0.4 is 10.4 Å². The second kappa shape index (κ2) is 6.75. The zero-order valence-corrected chi connectivity index (χ0v) is 16.5. The van der Waals surface area contributed by atoms with Gasteiger partial charge in [-0.2, -0.15) is 10.2 Å². The van der Waals surface area contributed by atoms with Crippen LogP contribution in [0.2, 0.25) is 0 Å². The summed E-state index contributed by atoms with van der Waals surface area (Å²) < 4.78 is 22.5. The van der Waals surface area contributed by atoms with Crippen molar-refractivity contribution in [2.75, 3.05) is 6.61 Å². The lowest BCUT2D eigenvalue weighted by Gasteiger charge is -2.26.